The molecule has 2 aliphatic carbocycles. The SMILES string of the molecule is CCCNC1(CO)CCCC(SC2CCCC(C)C2)C1. The summed E-state index contributed by atoms with van der Waals surface area (Å²) >= 11 is 2.25. The van der Waals surface area contributed by atoms with E-state index in [1.54, 1.807) is 0 Å². The molecule has 0 spiro atoms. The first-order valence-electron chi connectivity index (χ1n) is 8.69. The van der Waals surface area contributed by atoms with Gasteiger partial charge in [-0.3, -0.25) is 0 Å². The summed E-state index contributed by atoms with van der Waals surface area (Å²) in [5, 5.41) is 15.1. The molecule has 20 heavy (non-hydrogen) atoms. The highest BCUT2D eigenvalue weighted by Crippen LogP contribution is 2.41. The van der Waals surface area contributed by atoms with Crippen LogP contribution >= 0.6 is 11.8 Å². The van der Waals surface area contributed by atoms with E-state index in [2.05, 4.69) is 30.9 Å². The molecule has 0 heterocycles. The Kier molecular flexibility index (Phi) is 6.70. The van der Waals surface area contributed by atoms with E-state index < -0.39 is 0 Å². The molecule has 118 valence electrons. The first-order chi connectivity index (χ1) is 9.67. The van der Waals surface area contributed by atoms with Crippen molar-refractivity contribution in [1.29, 1.82) is 0 Å². The van der Waals surface area contributed by atoms with Gasteiger partial charge in [0.2, 0.25) is 0 Å². The predicted molar refractivity (Wildman–Crippen MR) is 89.4 cm³/mol. The van der Waals surface area contributed by atoms with Gasteiger partial charge >= 0.3 is 0 Å². The van der Waals surface area contributed by atoms with Crippen LogP contribution in [0.25, 0.3) is 0 Å². The number of thioether (sulfide) groups is 1. The average molecular weight is 300 g/mol. The van der Waals surface area contributed by atoms with E-state index in [0.29, 0.717) is 6.61 Å². The van der Waals surface area contributed by atoms with Crippen LogP contribution in [0.3, 0.4) is 0 Å². The third-order valence-corrected chi connectivity index (χ3v) is 6.73. The minimum Gasteiger partial charge on any atom is -0.394 e. The largest absolute Gasteiger partial charge is 0.394 e. The molecule has 2 nitrogen and oxygen atoms in total. The summed E-state index contributed by atoms with van der Waals surface area (Å²) in [4.78, 5) is 0. The van der Waals surface area contributed by atoms with Crippen molar-refractivity contribution in [1.82, 2.24) is 5.32 Å². The molecule has 3 heteroatoms. The Morgan fingerprint density at radius 2 is 2.00 bits per heavy atom. The van der Waals surface area contributed by atoms with E-state index in [0.717, 1.165) is 35.8 Å². The zero-order valence-corrected chi connectivity index (χ0v) is 14.2. The highest BCUT2D eigenvalue weighted by molar-refractivity contribution is 8.00. The van der Waals surface area contributed by atoms with Gasteiger partial charge in [-0.05, 0) is 51.0 Å². The van der Waals surface area contributed by atoms with E-state index in [9.17, 15) is 5.11 Å². The molecule has 2 N–H and O–H groups in total. The Balaban J connectivity index is 1.85. The molecule has 2 saturated carbocycles. The van der Waals surface area contributed by atoms with Crippen LogP contribution in [0, 0.1) is 5.92 Å². The number of hydrogen-bond acceptors (Lipinski definition) is 3. The predicted octanol–water partition coefficient (Wildman–Crippen LogP) is 3.97. The average Bonchev–Trinajstić information content (AvgIpc) is 2.45. The Labute approximate surface area is 129 Å². The molecule has 0 bridgehead atoms. The third kappa shape index (κ3) is 4.64. The maximum atomic E-state index is 9.86. The van der Waals surface area contributed by atoms with Crippen molar-refractivity contribution >= 4 is 11.8 Å². The summed E-state index contributed by atoms with van der Waals surface area (Å²) in [6, 6.07) is 0. The highest BCUT2D eigenvalue weighted by atomic mass is 32.2. The molecule has 2 fully saturated rings. The van der Waals surface area contributed by atoms with Gasteiger partial charge < -0.3 is 10.4 Å². The molecule has 0 radical (unpaired) electrons. The van der Waals surface area contributed by atoms with Crippen molar-refractivity contribution in [3.05, 3.63) is 0 Å². The van der Waals surface area contributed by atoms with Gasteiger partial charge in [0.15, 0.2) is 0 Å². The minimum absolute atomic E-state index is 0.0200. The summed E-state index contributed by atoms with van der Waals surface area (Å²) in [5.74, 6) is 0.922. The van der Waals surface area contributed by atoms with Crippen molar-refractivity contribution < 1.29 is 5.11 Å². The summed E-state index contributed by atoms with van der Waals surface area (Å²) in [7, 11) is 0. The van der Waals surface area contributed by atoms with Crippen molar-refractivity contribution in [3.63, 3.8) is 0 Å². The number of rotatable bonds is 6. The Morgan fingerprint density at radius 3 is 2.70 bits per heavy atom. The summed E-state index contributed by atoms with van der Waals surface area (Å²) in [5.41, 5.74) is 0.0200. The molecular formula is C17H33NOS. The molecule has 0 amide bonds. The van der Waals surface area contributed by atoms with Crippen molar-refractivity contribution in [2.75, 3.05) is 13.2 Å². The normalized spacial score (nSPS) is 38.9. The highest BCUT2D eigenvalue weighted by Gasteiger charge is 2.36. The second-order valence-electron chi connectivity index (χ2n) is 7.11. The van der Waals surface area contributed by atoms with Gasteiger partial charge in [-0.1, -0.05) is 33.1 Å². The monoisotopic (exact) mass is 299 g/mol. The van der Waals surface area contributed by atoms with Crippen LogP contribution in [0.1, 0.15) is 71.6 Å². The zero-order chi connectivity index (χ0) is 14.4. The molecule has 2 rings (SSSR count). The second kappa shape index (κ2) is 8.05. The number of nitrogens with one attached hydrogen (secondary N) is 1. The van der Waals surface area contributed by atoms with Crippen LogP contribution in [0.15, 0.2) is 0 Å². The number of aliphatic hydroxyl groups excluding tert-OH is 1. The van der Waals surface area contributed by atoms with E-state index in [4.69, 9.17) is 0 Å². The zero-order valence-electron chi connectivity index (χ0n) is 13.4. The smallest absolute Gasteiger partial charge is 0.0613 e. The topological polar surface area (TPSA) is 32.3 Å². The quantitative estimate of drug-likeness (QED) is 0.778. The van der Waals surface area contributed by atoms with Gasteiger partial charge in [0.1, 0.15) is 0 Å². The molecule has 4 unspecified atom stereocenters. The van der Waals surface area contributed by atoms with E-state index >= 15 is 0 Å². The summed E-state index contributed by atoms with van der Waals surface area (Å²) < 4.78 is 0. The van der Waals surface area contributed by atoms with Gasteiger partial charge in [0.05, 0.1) is 6.61 Å². The molecule has 0 aromatic rings. The third-order valence-electron chi connectivity index (χ3n) is 5.13. The lowest BCUT2D eigenvalue weighted by atomic mass is 9.82. The van der Waals surface area contributed by atoms with Crippen LogP contribution in [0.5, 0.6) is 0 Å². The standard InChI is InChI=1S/C17H33NOS/c1-3-10-18-17(13-19)9-5-8-16(12-17)20-15-7-4-6-14(2)11-15/h14-16,18-19H,3-13H2,1-2H3. The number of hydrogen-bond donors (Lipinski definition) is 2. The first kappa shape index (κ1) is 16.6. The van der Waals surface area contributed by atoms with E-state index in [1.165, 1.54) is 44.9 Å². The van der Waals surface area contributed by atoms with Crippen molar-refractivity contribution in [2.24, 2.45) is 5.92 Å². The number of aliphatic hydroxyl groups is 1. The van der Waals surface area contributed by atoms with Crippen LogP contribution < -0.4 is 5.32 Å². The van der Waals surface area contributed by atoms with Gasteiger partial charge in [-0.2, -0.15) is 11.8 Å². The summed E-state index contributed by atoms with van der Waals surface area (Å²) in [6.07, 6.45) is 11.8. The molecule has 4 atom stereocenters. The second-order valence-corrected chi connectivity index (χ2v) is 8.72. The van der Waals surface area contributed by atoms with Crippen LogP contribution in [-0.2, 0) is 0 Å². The molecule has 2 aliphatic rings. The van der Waals surface area contributed by atoms with Gasteiger partial charge in [-0.25, -0.2) is 0 Å². The van der Waals surface area contributed by atoms with Crippen molar-refractivity contribution in [2.45, 2.75) is 87.7 Å². The fourth-order valence-corrected chi connectivity index (χ4v) is 5.95. The fourth-order valence-electron chi connectivity index (χ4n) is 3.95. The van der Waals surface area contributed by atoms with E-state index in [-0.39, 0.29) is 5.54 Å². The summed E-state index contributed by atoms with van der Waals surface area (Å²) in [6.45, 7) is 5.97. The Morgan fingerprint density at radius 1 is 1.20 bits per heavy atom. The minimum atomic E-state index is 0.0200. The maximum absolute atomic E-state index is 9.86. The van der Waals surface area contributed by atoms with Crippen molar-refractivity contribution in [3.8, 4) is 0 Å². The lowest BCUT2D eigenvalue weighted by Gasteiger charge is -2.42. The molecule has 0 aliphatic heterocycles. The maximum Gasteiger partial charge on any atom is 0.0613 e. The van der Waals surface area contributed by atoms with Crippen LogP contribution in [-0.4, -0.2) is 34.3 Å². The molecule has 0 aromatic carbocycles. The lowest BCUT2D eigenvalue weighted by molar-refractivity contribution is 0.124. The fraction of sp³-hybridized carbons (Fsp3) is 1.00. The molecular weight excluding hydrogens is 266 g/mol. The Bertz CT molecular complexity index is 286. The Hall–Kier alpha value is 0.270. The van der Waals surface area contributed by atoms with Gasteiger partial charge in [-0.15, -0.1) is 0 Å². The lowest BCUT2D eigenvalue weighted by Crippen LogP contribution is -2.52. The molecule has 0 saturated heterocycles. The van der Waals surface area contributed by atoms with E-state index in [1.807, 2.05) is 0 Å². The van der Waals surface area contributed by atoms with Gasteiger partial charge in [0, 0.05) is 16.0 Å². The molecule has 0 aromatic heterocycles. The van der Waals surface area contributed by atoms with Crippen LogP contribution in [0.2, 0.25) is 0 Å². The first-order valence-corrected chi connectivity index (χ1v) is 9.63. The van der Waals surface area contributed by atoms with Crippen LogP contribution in [0.4, 0.5) is 0 Å². The van der Waals surface area contributed by atoms with Gasteiger partial charge in [0.25, 0.3) is 0 Å².